The van der Waals surface area contributed by atoms with Gasteiger partial charge in [0.05, 0.1) is 22.9 Å². The summed E-state index contributed by atoms with van der Waals surface area (Å²) >= 11 is 0. The number of amides is 1. The number of para-hydroxylation sites is 1. The summed E-state index contributed by atoms with van der Waals surface area (Å²) in [6.07, 6.45) is -8.88. The minimum atomic E-state index is -4.80. The van der Waals surface area contributed by atoms with E-state index in [1.54, 1.807) is 5.43 Å². The maximum atomic E-state index is 12.8. The summed E-state index contributed by atoms with van der Waals surface area (Å²) in [7, 11) is 0. The molecule has 2 rings (SSSR count). The molecule has 0 aliphatic rings. The van der Waals surface area contributed by atoms with Gasteiger partial charge in [0.1, 0.15) is 5.75 Å². The van der Waals surface area contributed by atoms with Gasteiger partial charge in [-0.1, -0.05) is 18.2 Å². The highest BCUT2D eigenvalue weighted by atomic mass is 19.4. The van der Waals surface area contributed by atoms with Gasteiger partial charge in [-0.25, -0.2) is 5.43 Å². The van der Waals surface area contributed by atoms with Crippen LogP contribution in [0.25, 0.3) is 0 Å². The number of rotatable bonds is 3. The first-order valence-corrected chi connectivity index (χ1v) is 6.90. The summed E-state index contributed by atoms with van der Waals surface area (Å²) < 4.78 is 76.6. The molecule has 0 atom stereocenters. The average Bonchev–Trinajstić information content (AvgIpc) is 2.54. The lowest BCUT2D eigenvalue weighted by Gasteiger charge is -2.11. The van der Waals surface area contributed by atoms with Crippen molar-refractivity contribution in [3.63, 3.8) is 0 Å². The van der Waals surface area contributed by atoms with Crippen LogP contribution in [0.15, 0.2) is 47.6 Å². The average molecular weight is 376 g/mol. The van der Waals surface area contributed by atoms with Crippen molar-refractivity contribution in [3.8, 4) is 5.75 Å². The zero-order valence-corrected chi connectivity index (χ0v) is 12.7. The van der Waals surface area contributed by atoms with Crippen molar-refractivity contribution in [2.24, 2.45) is 5.10 Å². The van der Waals surface area contributed by atoms with Crippen LogP contribution >= 0.6 is 0 Å². The van der Waals surface area contributed by atoms with E-state index in [1.807, 2.05) is 0 Å². The molecule has 0 spiro atoms. The summed E-state index contributed by atoms with van der Waals surface area (Å²) in [4.78, 5) is 11.8. The molecule has 138 valence electrons. The molecule has 0 bridgehead atoms. The molecule has 2 aromatic rings. The molecule has 0 heterocycles. The first-order valence-electron chi connectivity index (χ1n) is 6.90. The van der Waals surface area contributed by atoms with Crippen molar-refractivity contribution in [3.05, 3.63) is 64.7 Å². The first-order chi connectivity index (χ1) is 12.0. The topological polar surface area (TPSA) is 61.7 Å². The number of benzene rings is 2. The van der Waals surface area contributed by atoms with Crippen LogP contribution in [0, 0.1) is 0 Å². The van der Waals surface area contributed by atoms with Gasteiger partial charge < -0.3 is 5.11 Å². The summed E-state index contributed by atoms with van der Waals surface area (Å²) in [6, 6.07) is 6.68. The van der Waals surface area contributed by atoms with Crippen molar-refractivity contribution in [2.75, 3.05) is 0 Å². The smallest absolute Gasteiger partial charge is 0.419 e. The number of alkyl halides is 6. The Labute approximate surface area is 142 Å². The van der Waals surface area contributed by atoms with Gasteiger partial charge in [0, 0.05) is 5.56 Å². The zero-order chi connectivity index (χ0) is 19.5. The van der Waals surface area contributed by atoms with E-state index in [0.29, 0.717) is 18.3 Å². The van der Waals surface area contributed by atoms with E-state index < -0.39 is 40.7 Å². The van der Waals surface area contributed by atoms with Crippen LogP contribution in [0.1, 0.15) is 27.0 Å². The molecule has 1 amide bonds. The molecule has 0 aliphatic heterocycles. The molecule has 0 aliphatic carbocycles. The number of carbonyl (C=O) groups is 1. The van der Waals surface area contributed by atoms with Crippen LogP contribution in [0.2, 0.25) is 0 Å². The van der Waals surface area contributed by atoms with E-state index in [2.05, 4.69) is 5.10 Å². The van der Waals surface area contributed by atoms with Gasteiger partial charge in [0.25, 0.3) is 5.91 Å². The lowest BCUT2D eigenvalue weighted by molar-refractivity contribution is -0.139. The second-order valence-electron chi connectivity index (χ2n) is 4.98. The zero-order valence-electron chi connectivity index (χ0n) is 12.7. The van der Waals surface area contributed by atoms with E-state index in [-0.39, 0.29) is 5.56 Å². The van der Waals surface area contributed by atoms with Gasteiger partial charge >= 0.3 is 12.4 Å². The fourth-order valence-corrected chi connectivity index (χ4v) is 2.04. The van der Waals surface area contributed by atoms with Crippen molar-refractivity contribution < 1.29 is 36.2 Å². The van der Waals surface area contributed by atoms with Crippen LogP contribution in [0.5, 0.6) is 5.75 Å². The number of nitrogens with one attached hydrogen (secondary N) is 1. The summed E-state index contributed by atoms with van der Waals surface area (Å²) in [6.45, 7) is 0. The Hall–Kier alpha value is -3.04. The predicted octanol–water partition coefficient (Wildman–Crippen LogP) is 4.19. The van der Waals surface area contributed by atoms with Crippen molar-refractivity contribution in [2.45, 2.75) is 12.4 Å². The Balaban J connectivity index is 2.22. The molecule has 4 nitrogen and oxygen atoms in total. The van der Waals surface area contributed by atoms with E-state index in [9.17, 15) is 36.2 Å². The molecule has 2 aromatic carbocycles. The third kappa shape index (κ3) is 4.32. The molecule has 26 heavy (non-hydrogen) atoms. The SMILES string of the molecule is O=C(N/N=C/c1cccc(C(F)(F)F)c1O)c1ccccc1C(F)(F)F. The Kier molecular flexibility index (Phi) is 5.24. The molecule has 0 radical (unpaired) electrons. The second-order valence-corrected chi connectivity index (χ2v) is 4.98. The number of aromatic hydroxyl groups is 1. The van der Waals surface area contributed by atoms with E-state index in [1.165, 1.54) is 6.07 Å². The number of nitrogens with zero attached hydrogens (tertiary/aromatic N) is 1. The largest absolute Gasteiger partial charge is 0.507 e. The van der Waals surface area contributed by atoms with Crippen molar-refractivity contribution >= 4 is 12.1 Å². The Morgan fingerprint density at radius 2 is 1.50 bits per heavy atom. The van der Waals surface area contributed by atoms with E-state index in [4.69, 9.17) is 0 Å². The second kappa shape index (κ2) is 7.06. The fourth-order valence-electron chi connectivity index (χ4n) is 2.04. The standard InChI is InChI=1S/C16H10F6N2O2/c17-15(18,19)11-6-2-1-5-10(11)14(26)24-23-8-9-4-3-7-12(13(9)25)16(20,21)22/h1-8,25H,(H,24,26)/b23-8+. The number of halogens is 6. The van der Waals surface area contributed by atoms with Crippen LogP contribution in [0.4, 0.5) is 26.3 Å². The number of hydrogen-bond acceptors (Lipinski definition) is 3. The minimum Gasteiger partial charge on any atom is -0.507 e. The third-order valence-corrected chi connectivity index (χ3v) is 3.22. The lowest BCUT2D eigenvalue weighted by Crippen LogP contribution is -2.22. The quantitative estimate of drug-likeness (QED) is 0.479. The van der Waals surface area contributed by atoms with Gasteiger partial charge in [-0.2, -0.15) is 31.4 Å². The molecule has 0 fully saturated rings. The molecular formula is C16H10F6N2O2. The number of carbonyl (C=O) groups excluding carboxylic acids is 1. The molecule has 10 heteroatoms. The molecule has 2 N–H and O–H groups in total. The summed E-state index contributed by atoms with van der Waals surface area (Å²) in [5.41, 5.74) is -1.79. The molecule has 0 saturated carbocycles. The summed E-state index contributed by atoms with van der Waals surface area (Å²) in [5, 5.41) is 12.9. The molecular weight excluding hydrogens is 366 g/mol. The molecule has 0 saturated heterocycles. The van der Waals surface area contributed by atoms with Crippen LogP contribution < -0.4 is 5.43 Å². The van der Waals surface area contributed by atoms with Gasteiger partial charge in [-0.3, -0.25) is 4.79 Å². The normalized spacial score (nSPS) is 12.4. The van der Waals surface area contributed by atoms with Gasteiger partial charge in [0.2, 0.25) is 0 Å². The third-order valence-electron chi connectivity index (χ3n) is 3.22. The maximum Gasteiger partial charge on any atom is 0.419 e. The van der Waals surface area contributed by atoms with Gasteiger partial charge in [-0.15, -0.1) is 0 Å². The molecule has 0 unspecified atom stereocenters. The number of phenols is 1. The Morgan fingerprint density at radius 1 is 0.923 bits per heavy atom. The number of hydrogen-bond donors (Lipinski definition) is 2. The van der Waals surface area contributed by atoms with Crippen LogP contribution in [-0.4, -0.2) is 17.2 Å². The van der Waals surface area contributed by atoms with Crippen LogP contribution in [-0.2, 0) is 12.4 Å². The van der Waals surface area contributed by atoms with E-state index >= 15 is 0 Å². The molecule has 0 aromatic heterocycles. The fraction of sp³-hybridized carbons (Fsp3) is 0.125. The highest BCUT2D eigenvalue weighted by molar-refractivity contribution is 5.96. The monoisotopic (exact) mass is 376 g/mol. The first kappa shape index (κ1) is 19.3. The minimum absolute atomic E-state index is 0.371. The lowest BCUT2D eigenvalue weighted by atomic mass is 10.1. The van der Waals surface area contributed by atoms with Crippen molar-refractivity contribution in [1.82, 2.24) is 5.43 Å². The highest BCUT2D eigenvalue weighted by Crippen LogP contribution is 2.36. The van der Waals surface area contributed by atoms with Gasteiger partial charge in [0.15, 0.2) is 0 Å². The van der Waals surface area contributed by atoms with Gasteiger partial charge in [-0.05, 0) is 24.3 Å². The van der Waals surface area contributed by atoms with E-state index in [0.717, 1.165) is 24.3 Å². The summed E-state index contributed by atoms with van der Waals surface area (Å²) in [5.74, 6) is -2.32. The highest BCUT2D eigenvalue weighted by Gasteiger charge is 2.35. The predicted molar refractivity (Wildman–Crippen MR) is 79.6 cm³/mol. The number of phenolic OH excluding ortho intramolecular Hbond substituents is 1. The number of hydrazone groups is 1. The Bertz CT molecular complexity index is 843. The van der Waals surface area contributed by atoms with Crippen LogP contribution in [0.3, 0.4) is 0 Å². The van der Waals surface area contributed by atoms with Crippen molar-refractivity contribution in [1.29, 1.82) is 0 Å². The Morgan fingerprint density at radius 3 is 2.12 bits per heavy atom. The maximum absolute atomic E-state index is 12.8.